The van der Waals surface area contributed by atoms with Crippen LogP contribution in [0.1, 0.15) is 97.3 Å². The molecule has 118 valence electrons. The lowest BCUT2D eigenvalue weighted by Crippen LogP contribution is -1.95. The highest BCUT2D eigenvalue weighted by Crippen LogP contribution is 2.17. The summed E-state index contributed by atoms with van der Waals surface area (Å²) in [5.41, 5.74) is 0. The van der Waals surface area contributed by atoms with Crippen LogP contribution in [-0.2, 0) is 0 Å². The standard InChI is InChI=1S/C20H38/c1-4-7-9-11-12-13-14-15-17-19-20(6-3)18-16-10-8-5-2/h6,14-15,20H,3-5,7-13,16-19H2,1-2H3. The summed E-state index contributed by atoms with van der Waals surface area (Å²) in [6.07, 6.45) is 24.6. The van der Waals surface area contributed by atoms with E-state index in [1.807, 2.05) is 0 Å². The lowest BCUT2D eigenvalue weighted by atomic mass is 9.96. The van der Waals surface area contributed by atoms with Crippen LogP contribution >= 0.6 is 0 Å². The van der Waals surface area contributed by atoms with Crippen LogP contribution in [0, 0.1) is 5.92 Å². The Morgan fingerprint density at radius 1 is 0.700 bits per heavy atom. The van der Waals surface area contributed by atoms with Gasteiger partial charge in [0.25, 0.3) is 0 Å². The number of allylic oxidation sites excluding steroid dienone is 3. The molecule has 20 heavy (non-hydrogen) atoms. The van der Waals surface area contributed by atoms with Crippen molar-refractivity contribution in [3.8, 4) is 0 Å². The van der Waals surface area contributed by atoms with E-state index in [0.29, 0.717) is 0 Å². The molecule has 0 aliphatic carbocycles. The first kappa shape index (κ1) is 19.5. The van der Waals surface area contributed by atoms with Gasteiger partial charge in [0, 0.05) is 0 Å². The zero-order valence-corrected chi connectivity index (χ0v) is 14.2. The summed E-state index contributed by atoms with van der Waals surface area (Å²) in [5, 5.41) is 0. The van der Waals surface area contributed by atoms with Crippen LogP contribution in [0.2, 0.25) is 0 Å². The van der Waals surface area contributed by atoms with Gasteiger partial charge >= 0.3 is 0 Å². The molecule has 0 amide bonds. The summed E-state index contributed by atoms with van der Waals surface area (Å²) < 4.78 is 0. The minimum Gasteiger partial charge on any atom is -0.103 e. The minimum absolute atomic E-state index is 0.737. The van der Waals surface area contributed by atoms with Crippen molar-refractivity contribution in [1.82, 2.24) is 0 Å². The first-order valence-corrected chi connectivity index (χ1v) is 9.12. The van der Waals surface area contributed by atoms with Gasteiger partial charge in [-0.25, -0.2) is 0 Å². The maximum atomic E-state index is 3.99. The molecule has 0 aromatic heterocycles. The third-order valence-electron chi connectivity index (χ3n) is 4.11. The predicted molar refractivity (Wildman–Crippen MR) is 94.2 cm³/mol. The quantitative estimate of drug-likeness (QED) is 0.215. The number of unbranched alkanes of at least 4 members (excludes halogenated alkanes) is 8. The van der Waals surface area contributed by atoms with Crippen LogP contribution in [-0.4, -0.2) is 0 Å². The molecule has 0 radical (unpaired) electrons. The second kappa shape index (κ2) is 16.5. The fourth-order valence-electron chi connectivity index (χ4n) is 2.63. The van der Waals surface area contributed by atoms with Gasteiger partial charge in [0.1, 0.15) is 0 Å². The largest absolute Gasteiger partial charge is 0.103 e. The molecule has 0 bridgehead atoms. The highest BCUT2D eigenvalue weighted by Gasteiger charge is 2.02. The van der Waals surface area contributed by atoms with E-state index in [1.54, 1.807) is 0 Å². The summed E-state index contributed by atoms with van der Waals surface area (Å²) in [7, 11) is 0. The molecule has 1 unspecified atom stereocenters. The number of hydrogen-bond acceptors (Lipinski definition) is 0. The number of rotatable bonds is 15. The van der Waals surface area contributed by atoms with E-state index in [2.05, 4.69) is 38.7 Å². The molecule has 0 fully saturated rings. The van der Waals surface area contributed by atoms with Crippen LogP contribution in [0.15, 0.2) is 24.8 Å². The maximum Gasteiger partial charge on any atom is -0.0233 e. The molecule has 0 aliphatic rings. The Morgan fingerprint density at radius 3 is 1.95 bits per heavy atom. The van der Waals surface area contributed by atoms with Gasteiger partial charge in [-0.2, -0.15) is 0 Å². The summed E-state index contributed by atoms with van der Waals surface area (Å²) in [6, 6.07) is 0. The van der Waals surface area contributed by atoms with Crippen LogP contribution in [0.5, 0.6) is 0 Å². The van der Waals surface area contributed by atoms with Crippen LogP contribution in [0.25, 0.3) is 0 Å². The van der Waals surface area contributed by atoms with Crippen molar-refractivity contribution < 1.29 is 0 Å². The van der Waals surface area contributed by atoms with E-state index < -0.39 is 0 Å². The van der Waals surface area contributed by atoms with Crippen LogP contribution in [0.4, 0.5) is 0 Å². The topological polar surface area (TPSA) is 0 Å². The third kappa shape index (κ3) is 13.9. The Bertz CT molecular complexity index is 214. The van der Waals surface area contributed by atoms with Gasteiger partial charge in [-0.3, -0.25) is 0 Å². The maximum absolute atomic E-state index is 3.99. The summed E-state index contributed by atoms with van der Waals surface area (Å²) >= 11 is 0. The summed E-state index contributed by atoms with van der Waals surface area (Å²) in [5.74, 6) is 0.737. The summed E-state index contributed by atoms with van der Waals surface area (Å²) in [6.45, 7) is 8.54. The average Bonchev–Trinajstić information content (AvgIpc) is 2.47. The van der Waals surface area contributed by atoms with E-state index in [1.165, 1.54) is 83.5 Å². The lowest BCUT2D eigenvalue weighted by molar-refractivity contribution is 0.505. The molecule has 0 N–H and O–H groups in total. The second-order valence-corrected chi connectivity index (χ2v) is 6.10. The Morgan fingerprint density at radius 2 is 1.30 bits per heavy atom. The van der Waals surface area contributed by atoms with Crippen molar-refractivity contribution in [2.45, 2.75) is 97.3 Å². The molecule has 0 nitrogen and oxygen atoms in total. The molecule has 0 aromatic carbocycles. The fraction of sp³-hybridized carbons (Fsp3) is 0.800. The van der Waals surface area contributed by atoms with Gasteiger partial charge < -0.3 is 0 Å². The zero-order valence-electron chi connectivity index (χ0n) is 14.2. The molecule has 1 atom stereocenters. The van der Waals surface area contributed by atoms with Crippen molar-refractivity contribution in [2.75, 3.05) is 0 Å². The van der Waals surface area contributed by atoms with Crippen LogP contribution in [0.3, 0.4) is 0 Å². The molecule has 0 saturated heterocycles. The van der Waals surface area contributed by atoms with Crippen molar-refractivity contribution in [2.24, 2.45) is 5.92 Å². The second-order valence-electron chi connectivity index (χ2n) is 6.10. The normalized spacial score (nSPS) is 12.9. The van der Waals surface area contributed by atoms with Gasteiger partial charge in [-0.1, -0.05) is 83.4 Å². The van der Waals surface area contributed by atoms with Crippen molar-refractivity contribution in [1.29, 1.82) is 0 Å². The zero-order chi connectivity index (χ0) is 14.9. The fourth-order valence-corrected chi connectivity index (χ4v) is 2.63. The van der Waals surface area contributed by atoms with Crippen LogP contribution < -0.4 is 0 Å². The molecular weight excluding hydrogens is 240 g/mol. The van der Waals surface area contributed by atoms with Gasteiger partial charge in [0.2, 0.25) is 0 Å². The first-order chi connectivity index (χ1) is 9.85. The number of hydrogen-bond donors (Lipinski definition) is 0. The molecule has 0 heteroatoms. The van der Waals surface area contributed by atoms with E-state index in [9.17, 15) is 0 Å². The first-order valence-electron chi connectivity index (χ1n) is 9.12. The van der Waals surface area contributed by atoms with E-state index in [-0.39, 0.29) is 0 Å². The highest BCUT2D eigenvalue weighted by molar-refractivity contribution is 4.86. The Hall–Kier alpha value is -0.520. The Kier molecular flexibility index (Phi) is 16.1. The van der Waals surface area contributed by atoms with Gasteiger partial charge in [-0.05, 0) is 38.0 Å². The SMILES string of the molecule is C=CC(CCC=CCCCCCCC)CCCCCC. The molecular formula is C20H38. The van der Waals surface area contributed by atoms with Gasteiger partial charge in [-0.15, -0.1) is 6.58 Å². The van der Waals surface area contributed by atoms with E-state index >= 15 is 0 Å². The highest BCUT2D eigenvalue weighted by atomic mass is 14.1. The molecule has 0 rings (SSSR count). The molecule has 0 aliphatic heterocycles. The smallest absolute Gasteiger partial charge is 0.0233 e. The van der Waals surface area contributed by atoms with Crippen molar-refractivity contribution in [3.63, 3.8) is 0 Å². The third-order valence-corrected chi connectivity index (χ3v) is 4.11. The summed E-state index contributed by atoms with van der Waals surface area (Å²) in [4.78, 5) is 0. The van der Waals surface area contributed by atoms with Crippen molar-refractivity contribution >= 4 is 0 Å². The Balaban J connectivity index is 3.42. The predicted octanol–water partition coefficient (Wildman–Crippen LogP) is 7.46. The monoisotopic (exact) mass is 278 g/mol. The van der Waals surface area contributed by atoms with E-state index in [0.717, 1.165) is 5.92 Å². The molecule has 0 saturated carbocycles. The van der Waals surface area contributed by atoms with Gasteiger partial charge in [0.05, 0.1) is 0 Å². The molecule has 0 spiro atoms. The average molecular weight is 279 g/mol. The molecule has 0 heterocycles. The lowest BCUT2D eigenvalue weighted by Gasteiger charge is -2.10. The Labute approximate surface area is 128 Å². The van der Waals surface area contributed by atoms with Gasteiger partial charge in [0.15, 0.2) is 0 Å². The molecule has 0 aromatic rings. The van der Waals surface area contributed by atoms with Crippen molar-refractivity contribution in [3.05, 3.63) is 24.8 Å². The van der Waals surface area contributed by atoms with E-state index in [4.69, 9.17) is 0 Å². The minimum atomic E-state index is 0.737.